The first-order valence-corrected chi connectivity index (χ1v) is 9.26. The number of rotatable bonds is 2. The second-order valence-corrected chi connectivity index (χ2v) is 8.49. The van der Waals surface area contributed by atoms with Crippen LogP contribution in [-0.4, -0.2) is 16.3 Å². The van der Waals surface area contributed by atoms with E-state index in [9.17, 15) is 10.2 Å². The number of aromatic hydroxyl groups is 1. The van der Waals surface area contributed by atoms with E-state index in [-0.39, 0.29) is 11.5 Å². The molecule has 1 aromatic rings. The number of hydrogen-bond donors (Lipinski definition) is 2. The monoisotopic (exact) mass is 310 g/mol. The Balaban J connectivity index is 1.55. The minimum Gasteiger partial charge on any atom is -0.508 e. The largest absolute Gasteiger partial charge is 0.508 e. The molecule has 5 rings (SSSR count). The second kappa shape index (κ2) is 4.63. The molecule has 2 heteroatoms. The number of benzene rings is 1. The summed E-state index contributed by atoms with van der Waals surface area (Å²) in [7, 11) is 0. The first kappa shape index (κ1) is 14.1. The summed E-state index contributed by atoms with van der Waals surface area (Å²) in [6, 6.07) is 5.99. The van der Waals surface area contributed by atoms with Crippen LogP contribution >= 0.6 is 0 Å². The normalized spacial score (nSPS) is 46.3. The maximum Gasteiger partial charge on any atom is 0.115 e. The molecule has 0 heterocycles. The minimum atomic E-state index is -0.0994. The van der Waals surface area contributed by atoms with Crippen LogP contribution in [-0.2, 0) is 6.42 Å². The standard InChI is InChI=1S/C21H26O2/c1-2-8-21-9-7-15-14-6-4-13(22)10-12(14)3-5-16(15)19(21)17-11-18(17)20(21)23/h2,4,6,10,15-20,22-23H,1,3,5,7-9,11H2/t15?,16?,17-,18?,19?,20?,21-/m0/s1. The van der Waals surface area contributed by atoms with Gasteiger partial charge in [-0.15, -0.1) is 6.58 Å². The topological polar surface area (TPSA) is 40.5 Å². The van der Waals surface area contributed by atoms with Crippen LogP contribution < -0.4 is 0 Å². The first-order valence-electron chi connectivity index (χ1n) is 9.26. The van der Waals surface area contributed by atoms with Crippen molar-refractivity contribution in [1.29, 1.82) is 0 Å². The van der Waals surface area contributed by atoms with Crippen LogP contribution in [0.25, 0.3) is 0 Å². The Hall–Kier alpha value is -1.28. The molecule has 23 heavy (non-hydrogen) atoms. The fraction of sp³-hybridized carbons (Fsp3) is 0.619. The molecule has 2 N–H and O–H groups in total. The maximum absolute atomic E-state index is 11.0. The maximum atomic E-state index is 11.0. The van der Waals surface area contributed by atoms with Gasteiger partial charge < -0.3 is 10.2 Å². The second-order valence-electron chi connectivity index (χ2n) is 8.49. The van der Waals surface area contributed by atoms with Gasteiger partial charge in [-0.3, -0.25) is 0 Å². The van der Waals surface area contributed by atoms with Crippen LogP contribution in [0.4, 0.5) is 0 Å². The van der Waals surface area contributed by atoms with Crippen LogP contribution in [0.1, 0.15) is 49.1 Å². The first-order chi connectivity index (χ1) is 11.2. The summed E-state index contributed by atoms with van der Waals surface area (Å²) in [6.45, 7) is 4.00. The number of aliphatic hydroxyl groups is 1. The van der Waals surface area contributed by atoms with Crippen LogP contribution in [0.15, 0.2) is 30.9 Å². The molecule has 3 fully saturated rings. The highest BCUT2D eigenvalue weighted by Gasteiger charge is 2.69. The highest BCUT2D eigenvalue weighted by molar-refractivity contribution is 5.40. The van der Waals surface area contributed by atoms with Crippen LogP contribution in [0.3, 0.4) is 0 Å². The van der Waals surface area contributed by atoms with Crippen molar-refractivity contribution in [2.45, 2.75) is 50.5 Å². The van der Waals surface area contributed by atoms with E-state index in [4.69, 9.17) is 0 Å². The van der Waals surface area contributed by atoms with Crippen molar-refractivity contribution in [2.24, 2.45) is 29.1 Å². The minimum absolute atomic E-state index is 0.0994. The number of aryl methyl sites for hydroxylation is 1. The fourth-order valence-corrected chi connectivity index (χ4v) is 6.90. The third-order valence-corrected chi connectivity index (χ3v) is 7.71. The lowest BCUT2D eigenvalue weighted by Gasteiger charge is -2.53. The number of fused-ring (bicyclic) bond motifs is 7. The molecule has 0 amide bonds. The lowest BCUT2D eigenvalue weighted by molar-refractivity contribution is -0.0577. The van der Waals surface area contributed by atoms with Gasteiger partial charge in [0.15, 0.2) is 0 Å². The molecule has 0 radical (unpaired) electrons. The van der Waals surface area contributed by atoms with Gasteiger partial charge in [-0.05, 0) is 91.4 Å². The molecular weight excluding hydrogens is 284 g/mol. The SMILES string of the molecule is C=CC[C@]12CCC3c4ccc(O)cc4CCC3C1[C@H]1CC1C2O. The highest BCUT2D eigenvalue weighted by atomic mass is 16.3. The Morgan fingerprint density at radius 1 is 1.22 bits per heavy atom. The Kier molecular flexibility index (Phi) is 2.84. The van der Waals surface area contributed by atoms with Gasteiger partial charge in [0.25, 0.3) is 0 Å². The van der Waals surface area contributed by atoms with E-state index in [0.717, 1.165) is 25.2 Å². The smallest absolute Gasteiger partial charge is 0.115 e. The quantitative estimate of drug-likeness (QED) is 0.810. The number of hydrogen-bond acceptors (Lipinski definition) is 2. The summed E-state index contributed by atoms with van der Waals surface area (Å²) in [4.78, 5) is 0. The molecule has 0 aliphatic heterocycles. The molecular formula is C21H26O2. The molecule has 0 aromatic heterocycles. The van der Waals surface area contributed by atoms with Gasteiger partial charge in [-0.2, -0.15) is 0 Å². The molecule has 122 valence electrons. The summed E-state index contributed by atoms with van der Waals surface area (Å²) in [5.41, 5.74) is 2.95. The van der Waals surface area contributed by atoms with Crippen molar-refractivity contribution in [1.82, 2.24) is 0 Å². The Bertz CT molecular complexity index is 666. The molecule has 0 bridgehead atoms. The highest BCUT2D eigenvalue weighted by Crippen LogP contribution is 2.73. The van der Waals surface area contributed by atoms with Crippen LogP contribution in [0.2, 0.25) is 0 Å². The molecule has 1 aromatic carbocycles. The van der Waals surface area contributed by atoms with E-state index in [1.165, 1.54) is 30.4 Å². The van der Waals surface area contributed by atoms with Crippen LogP contribution in [0.5, 0.6) is 5.75 Å². The van der Waals surface area contributed by atoms with Gasteiger partial charge in [0.2, 0.25) is 0 Å². The van der Waals surface area contributed by atoms with Crippen molar-refractivity contribution in [2.75, 3.05) is 0 Å². The van der Waals surface area contributed by atoms with Crippen molar-refractivity contribution >= 4 is 0 Å². The summed E-state index contributed by atoms with van der Waals surface area (Å²) in [5.74, 6) is 3.76. The zero-order valence-corrected chi connectivity index (χ0v) is 13.6. The van der Waals surface area contributed by atoms with E-state index in [2.05, 4.69) is 18.7 Å². The summed E-state index contributed by atoms with van der Waals surface area (Å²) in [5, 5.41) is 20.7. The average Bonchev–Trinajstić information content (AvgIpc) is 3.29. The Morgan fingerprint density at radius 2 is 2.09 bits per heavy atom. The van der Waals surface area contributed by atoms with Gasteiger partial charge in [0.1, 0.15) is 5.75 Å². The number of phenols is 1. The predicted octanol–water partition coefficient (Wildman–Crippen LogP) is 4.02. The van der Waals surface area contributed by atoms with E-state index >= 15 is 0 Å². The number of phenolic OH excluding ortho intramolecular Hbond substituents is 1. The van der Waals surface area contributed by atoms with Gasteiger partial charge in [0.05, 0.1) is 6.10 Å². The van der Waals surface area contributed by atoms with E-state index in [1.54, 1.807) is 0 Å². The lowest BCUT2D eigenvalue weighted by atomic mass is 9.52. The third kappa shape index (κ3) is 1.73. The van der Waals surface area contributed by atoms with Crippen molar-refractivity contribution in [3.8, 4) is 5.75 Å². The van der Waals surface area contributed by atoms with Crippen LogP contribution in [0, 0.1) is 29.1 Å². The molecule has 3 saturated carbocycles. The van der Waals surface area contributed by atoms with Crippen molar-refractivity contribution in [3.05, 3.63) is 42.0 Å². The van der Waals surface area contributed by atoms with Gasteiger partial charge in [-0.1, -0.05) is 12.1 Å². The van der Waals surface area contributed by atoms with Gasteiger partial charge >= 0.3 is 0 Å². The van der Waals surface area contributed by atoms with E-state index < -0.39 is 0 Å². The zero-order chi connectivity index (χ0) is 15.8. The Morgan fingerprint density at radius 3 is 2.91 bits per heavy atom. The molecule has 5 unspecified atom stereocenters. The van der Waals surface area contributed by atoms with Crippen molar-refractivity contribution in [3.63, 3.8) is 0 Å². The molecule has 2 nitrogen and oxygen atoms in total. The molecule has 4 aliphatic carbocycles. The van der Waals surface area contributed by atoms with Gasteiger partial charge in [0, 0.05) is 5.41 Å². The summed E-state index contributed by atoms with van der Waals surface area (Å²) >= 11 is 0. The van der Waals surface area contributed by atoms with E-state index in [0.29, 0.717) is 29.4 Å². The van der Waals surface area contributed by atoms with E-state index in [1.807, 2.05) is 12.1 Å². The molecule has 4 aliphatic rings. The molecule has 7 atom stereocenters. The fourth-order valence-electron chi connectivity index (χ4n) is 6.90. The Labute approximate surface area is 138 Å². The van der Waals surface area contributed by atoms with Crippen molar-refractivity contribution < 1.29 is 10.2 Å². The number of aliphatic hydroxyl groups excluding tert-OH is 1. The number of allylic oxidation sites excluding steroid dienone is 1. The molecule has 0 spiro atoms. The third-order valence-electron chi connectivity index (χ3n) is 7.71. The molecule has 0 saturated heterocycles. The summed E-state index contributed by atoms with van der Waals surface area (Å²) < 4.78 is 0. The average molecular weight is 310 g/mol. The zero-order valence-electron chi connectivity index (χ0n) is 13.6. The van der Waals surface area contributed by atoms with Gasteiger partial charge in [-0.25, -0.2) is 0 Å². The predicted molar refractivity (Wildman–Crippen MR) is 90.2 cm³/mol. The lowest BCUT2D eigenvalue weighted by Crippen LogP contribution is -2.48. The summed E-state index contributed by atoms with van der Waals surface area (Å²) in [6.07, 6.45) is 8.81.